The number of aromatic nitrogens is 4. The standard InChI is InChI=1S/C17H22F3N7O.H2S/c1-9(2)13-15(28)24-12-10(3)23-16(25-14(12)26(13)4)21-5-11-6-22-27(7-11)8-17(18,19)20;/h6-7,9,13H,5,8H2,1-4H3,(H,24,28)(H,21,23,25);1H2/t13-;/m0./s1. The fourth-order valence-electron chi connectivity index (χ4n) is 3.24. The number of aryl methyl sites for hydroxylation is 1. The molecule has 1 atom stereocenters. The zero-order chi connectivity index (χ0) is 20.6. The number of rotatable bonds is 5. The smallest absolute Gasteiger partial charge is 0.350 e. The molecule has 2 N–H and O–H groups in total. The Balaban J connectivity index is 0.00000300. The molecule has 1 amide bonds. The van der Waals surface area contributed by atoms with Gasteiger partial charge in [-0.15, -0.1) is 0 Å². The summed E-state index contributed by atoms with van der Waals surface area (Å²) in [5.41, 5.74) is 1.74. The van der Waals surface area contributed by atoms with Gasteiger partial charge in [-0.1, -0.05) is 13.8 Å². The Morgan fingerprint density at radius 2 is 2.00 bits per heavy atom. The van der Waals surface area contributed by atoms with E-state index in [1.54, 1.807) is 14.0 Å². The van der Waals surface area contributed by atoms with Crippen LogP contribution >= 0.6 is 13.5 Å². The highest BCUT2D eigenvalue weighted by Crippen LogP contribution is 2.34. The van der Waals surface area contributed by atoms with Crippen molar-refractivity contribution in [1.29, 1.82) is 0 Å². The maximum absolute atomic E-state index is 12.4. The Kier molecular flexibility index (Phi) is 6.66. The highest BCUT2D eigenvalue weighted by Gasteiger charge is 2.35. The molecule has 0 bridgehead atoms. The van der Waals surface area contributed by atoms with Crippen molar-refractivity contribution in [2.24, 2.45) is 5.92 Å². The van der Waals surface area contributed by atoms with Crippen LogP contribution in [0.1, 0.15) is 25.1 Å². The maximum Gasteiger partial charge on any atom is 0.408 e. The summed E-state index contributed by atoms with van der Waals surface area (Å²) in [4.78, 5) is 23.0. The highest BCUT2D eigenvalue weighted by molar-refractivity contribution is 7.59. The first kappa shape index (κ1) is 22.8. The predicted molar refractivity (Wildman–Crippen MR) is 108 cm³/mol. The predicted octanol–water partition coefficient (Wildman–Crippen LogP) is 2.68. The molecular weight excluding hydrogens is 407 g/mol. The van der Waals surface area contributed by atoms with Crippen molar-refractivity contribution in [3.05, 3.63) is 23.7 Å². The Morgan fingerprint density at radius 1 is 1.31 bits per heavy atom. The van der Waals surface area contributed by atoms with Gasteiger partial charge in [-0.2, -0.15) is 36.7 Å². The van der Waals surface area contributed by atoms with Gasteiger partial charge in [0, 0.05) is 25.4 Å². The molecule has 1 aliphatic heterocycles. The molecule has 2 aromatic heterocycles. The van der Waals surface area contributed by atoms with E-state index in [1.165, 1.54) is 12.4 Å². The molecule has 12 heteroatoms. The van der Waals surface area contributed by atoms with E-state index in [4.69, 9.17) is 0 Å². The normalized spacial score (nSPS) is 16.3. The molecule has 8 nitrogen and oxygen atoms in total. The van der Waals surface area contributed by atoms with E-state index < -0.39 is 12.7 Å². The van der Waals surface area contributed by atoms with E-state index in [0.29, 0.717) is 28.7 Å². The number of fused-ring (bicyclic) bond motifs is 1. The first-order chi connectivity index (χ1) is 13.0. The summed E-state index contributed by atoms with van der Waals surface area (Å²) in [6.07, 6.45) is -1.63. The number of likely N-dealkylation sites (N-methyl/N-ethyl adjacent to an activating group) is 1. The van der Waals surface area contributed by atoms with Crippen LogP contribution in [0.15, 0.2) is 12.4 Å². The fourth-order valence-corrected chi connectivity index (χ4v) is 3.24. The number of alkyl halides is 3. The summed E-state index contributed by atoms with van der Waals surface area (Å²) in [5.74, 6) is 0.908. The zero-order valence-corrected chi connectivity index (χ0v) is 17.5. The van der Waals surface area contributed by atoms with Crippen molar-refractivity contribution >= 4 is 36.9 Å². The van der Waals surface area contributed by atoms with Gasteiger partial charge in [-0.3, -0.25) is 9.48 Å². The van der Waals surface area contributed by atoms with E-state index in [9.17, 15) is 18.0 Å². The van der Waals surface area contributed by atoms with E-state index in [0.717, 1.165) is 4.68 Å². The molecule has 160 valence electrons. The van der Waals surface area contributed by atoms with Crippen LogP contribution in [0.3, 0.4) is 0 Å². The lowest BCUT2D eigenvalue weighted by molar-refractivity contribution is -0.142. The van der Waals surface area contributed by atoms with Gasteiger partial charge in [0.25, 0.3) is 0 Å². The van der Waals surface area contributed by atoms with Crippen molar-refractivity contribution < 1.29 is 18.0 Å². The molecule has 0 saturated carbocycles. The van der Waals surface area contributed by atoms with Crippen LogP contribution in [0.25, 0.3) is 0 Å². The Bertz CT molecular complexity index is 884. The molecule has 3 heterocycles. The summed E-state index contributed by atoms with van der Waals surface area (Å²) in [7, 11) is 1.81. The van der Waals surface area contributed by atoms with Crippen LogP contribution in [0.4, 0.5) is 30.6 Å². The lowest BCUT2D eigenvalue weighted by Crippen LogP contribution is -2.49. The average molecular weight is 431 g/mol. The third-order valence-electron chi connectivity index (χ3n) is 4.45. The molecule has 2 aromatic rings. The van der Waals surface area contributed by atoms with Gasteiger partial charge in [0.2, 0.25) is 11.9 Å². The molecule has 0 radical (unpaired) electrons. The number of nitrogens with zero attached hydrogens (tertiary/aromatic N) is 5. The van der Waals surface area contributed by atoms with E-state index in [2.05, 4.69) is 25.7 Å². The van der Waals surface area contributed by atoms with Crippen LogP contribution in [-0.4, -0.2) is 44.9 Å². The first-order valence-electron chi connectivity index (χ1n) is 8.79. The zero-order valence-electron chi connectivity index (χ0n) is 16.5. The van der Waals surface area contributed by atoms with Gasteiger partial charge >= 0.3 is 6.18 Å². The highest BCUT2D eigenvalue weighted by atomic mass is 32.1. The summed E-state index contributed by atoms with van der Waals surface area (Å²) in [5, 5.41) is 9.58. The van der Waals surface area contributed by atoms with E-state index in [1.807, 2.05) is 18.7 Å². The molecule has 0 unspecified atom stereocenters. The summed E-state index contributed by atoms with van der Waals surface area (Å²) in [6, 6.07) is -0.352. The van der Waals surface area contributed by atoms with Crippen molar-refractivity contribution in [3.63, 3.8) is 0 Å². The van der Waals surface area contributed by atoms with Crippen LogP contribution in [0.2, 0.25) is 0 Å². The van der Waals surface area contributed by atoms with E-state index >= 15 is 0 Å². The molecule has 0 saturated heterocycles. The molecule has 1 aliphatic rings. The third-order valence-corrected chi connectivity index (χ3v) is 4.45. The maximum atomic E-state index is 12.4. The quantitative estimate of drug-likeness (QED) is 0.757. The second kappa shape index (κ2) is 8.47. The van der Waals surface area contributed by atoms with Crippen molar-refractivity contribution in [2.75, 3.05) is 22.6 Å². The van der Waals surface area contributed by atoms with Gasteiger partial charge in [-0.25, -0.2) is 4.98 Å². The number of nitrogens with one attached hydrogen (secondary N) is 2. The van der Waals surface area contributed by atoms with Gasteiger partial charge in [0.05, 0.1) is 11.9 Å². The van der Waals surface area contributed by atoms with Gasteiger partial charge in [0.15, 0.2) is 5.82 Å². The third kappa shape index (κ3) is 5.11. The van der Waals surface area contributed by atoms with Crippen LogP contribution < -0.4 is 15.5 Å². The molecule has 0 fully saturated rings. The number of carbonyl (C=O) groups is 1. The monoisotopic (exact) mass is 431 g/mol. The van der Waals surface area contributed by atoms with Crippen LogP contribution in [0, 0.1) is 12.8 Å². The lowest BCUT2D eigenvalue weighted by Gasteiger charge is -2.36. The average Bonchev–Trinajstić information content (AvgIpc) is 2.99. The van der Waals surface area contributed by atoms with Gasteiger partial charge in [0.1, 0.15) is 18.3 Å². The molecule has 29 heavy (non-hydrogen) atoms. The number of amides is 1. The van der Waals surface area contributed by atoms with Gasteiger partial charge < -0.3 is 15.5 Å². The summed E-state index contributed by atoms with van der Waals surface area (Å²) >= 11 is 0. The molecule has 3 rings (SSSR count). The van der Waals surface area contributed by atoms with Crippen molar-refractivity contribution in [3.8, 4) is 0 Å². The largest absolute Gasteiger partial charge is 0.408 e. The Morgan fingerprint density at radius 3 is 2.62 bits per heavy atom. The summed E-state index contributed by atoms with van der Waals surface area (Å²) < 4.78 is 38.1. The van der Waals surface area contributed by atoms with E-state index in [-0.39, 0.29) is 37.9 Å². The molecule has 0 spiro atoms. The molecule has 0 aliphatic carbocycles. The number of halogens is 3. The van der Waals surface area contributed by atoms with Gasteiger partial charge in [-0.05, 0) is 12.8 Å². The number of anilines is 3. The minimum Gasteiger partial charge on any atom is -0.350 e. The van der Waals surface area contributed by atoms with Crippen molar-refractivity contribution in [2.45, 2.75) is 46.1 Å². The second-order valence-corrected chi connectivity index (χ2v) is 7.14. The minimum atomic E-state index is -4.32. The number of hydrogen-bond acceptors (Lipinski definition) is 6. The molecular formula is C17H24F3N7OS. The fraction of sp³-hybridized carbons (Fsp3) is 0.529. The molecule has 0 aromatic carbocycles. The summed E-state index contributed by atoms with van der Waals surface area (Å²) in [6.45, 7) is 4.76. The Labute approximate surface area is 173 Å². The van der Waals surface area contributed by atoms with Crippen LogP contribution in [-0.2, 0) is 17.9 Å². The lowest BCUT2D eigenvalue weighted by atomic mass is 9.99. The minimum absolute atomic E-state index is 0. The SMILES string of the molecule is Cc1nc(NCc2cnn(CC(F)(F)F)c2)nc2c1NC(=O)[C@H](C(C)C)N2C.S. The van der Waals surface area contributed by atoms with Crippen LogP contribution in [0.5, 0.6) is 0 Å². The topological polar surface area (TPSA) is 88.0 Å². The first-order valence-corrected chi connectivity index (χ1v) is 8.79. The Hall–Kier alpha value is -2.50. The number of carbonyl (C=O) groups excluding carboxylic acids is 1. The second-order valence-electron chi connectivity index (χ2n) is 7.14. The van der Waals surface area contributed by atoms with Crippen molar-refractivity contribution in [1.82, 2.24) is 19.7 Å². The number of hydrogen-bond donors (Lipinski definition) is 2.